The second-order valence-corrected chi connectivity index (χ2v) is 4.94. The van der Waals surface area contributed by atoms with E-state index in [0.29, 0.717) is 0 Å². The molecule has 0 bridgehead atoms. The maximum atomic E-state index is 6.32. The molecule has 1 atom stereocenters. The van der Waals surface area contributed by atoms with Gasteiger partial charge in [0.25, 0.3) is 0 Å². The maximum absolute atomic E-state index is 6.32. The first-order valence-corrected chi connectivity index (χ1v) is 6.00. The fourth-order valence-corrected chi connectivity index (χ4v) is 2.42. The van der Waals surface area contributed by atoms with E-state index in [1.165, 1.54) is 0 Å². The smallest absolute Gasteiger partial charge is 0.0645 e. The van der Waals surface area contributed by atoms with Gasteiger partial charge in [-0.05, 0) is 47.0 Å². The molecule has 2 aromatic rings. The molecule has 0 radical (unpaired) electrons. The van der Waals surface area contributed by atoms with E-state index in [2.05, 4.69) is 11.4 Å². The van der Waals surface area contributed by atoms with Gasteiger partial charge in [0.2, 0.25) is 0 Å². The topological polar surface area (TPSA) is 26.0 Å². The van der Waals surface area contributed by atoms with Crippen LogP contribution in [0.3, 0.4) is 0 Å². The molecule has 2 N–H and O–H groups in total. The van der Waals surface area contributed by atoms with Crippen LogP contribution in [0.15, 0.2) is 41.1 Å². The van der Waals surface area contributed by atoms with Gasteiger partial charge in [0.15, 0.2) is 0 Å². The highest BCUT2D eigenvalue weighted by Crippen LogP contribution is 2.28. The third kappa shape index (κ3) is 2.07. The van der Waals surface area contributed by atoms with E-state index in [4.69, 9.17) is 17.3 Å². The molecule has 0 fully saturated rings. The quantitative estimate of drug-likeness (QED) is 0.848. The van der Waals surface area contributed by atoms with Crippen LogP contribution in [0.5, 0.6) is 0 Å². The Balaban J connectivity index is 2.41. The van der Waals surface area contributed by atoms with Crippen molar-refractivity contribution in [2.45, 2.75) is 12.5 Å². The first-order chi connectivity index (χ1) is 7.10. The van der Waals surface area contributed by atoms with Crippen molar-refractivity contribution in [3.8, 4) is 0 Å². The Morgan fingerprint density at radius 3 is 2.33 bits per heavy atom. The summed E-state index contributed by atoms with van der Waals surface area (Å²) in [5, 5.41) is 4.85. The van der Waals surface area contributed by atoms with Crippen LogP contribution in [0.2, 0.25) is 5.02 Å². The normalized spacial score (nSPS) is 14.9. The first kappa shape index (κ1) is 10.7. The second kappa shape index (κ2) is 3.97. The van der Waals surface area contributed by atoms with Crippen LogP contribution in [-0.4, -0.2) is 0 Å². The molecule has 2 rings (SSSR count). The van der Waals surface area contributed by atoms with Gasteiger partial charge in [0.05, 0.1) is 5.54 Å². The molecule has 78 valence electrons. The maximum Gasteiger partial charge on any atom is 0.0645 e. The molecule has 0 saturated carbocycles. The lowest BCUT2D eigenvalue weighted by Crippen LogP contribution is -2.33. The van der Waals surface area contributed by atoms with Gasteiger partial charge in [-0.3, -0.25) is 0 Å². The molecular formula is C12H12ClNS. The molecule has 1 nitrogen and oxygen atoms in total. The Morgan fingerprint density at radius 1 is 1.13 bits per heavy atom. The standard InChI is InChI=1S/C12H12ClNS/c1-12(14,10-6-7-15-8-10)9-2-4-11(13)5-3-9/h2-8H,14H2,1H3. The number of hydrogen-bond donors (Lipinski definition) is 1. The van der Waals surface area contributed by atoms with Crippen molar-refractivity contribution in [3.63, 3.8) is 0 Å². The van der Waals surface area contributed by atoms with Crippen molar-refractivity contribution in [2.75, 3.05) is 0 Å². The lowest BCUT2D eigenvalue weighted by molar-refractivity contribution is 0.606. The molecule has 0 aliphatic rings. The molecule has 1 aromatic carbocycles. The average Bonchev–Trinajstić information content (AvgIpc) is 2.71. The fourth-order valence-electron chi connectivity index (χ4n) is 1.52. The zero-order chi connectivity index (χ0) is 10.9. The zero-order valence-electron chi connectivity index (χ0n) is 8.41. The summed E-state index contributed by atoms with van der Waals surface area (Å²) in [4.78, 5) is 0. The number of thiophene rings is 1. The van der Waals surface area contributed by atoms with Gasteiger partial charge in [-0.25, -0.2) is 0 Å². The lowest BCUT2D eigenvalue weighted by atomic mass is 9.88. The van der Waals surface area contributed by atoms with Crippen molar-refractivity contribution in [1.29, 1.82) is 0 Å². The Hall–Kier alpha value is -0.830. The molecule has 0 spiro atoms. The molecule has 0 amide bonds. The molecule has 0 saturated heterocycles. The first-order valence-electron chi connectivity index (χ1n) is 4.68. The van der Waals surface area contributed by atoms with Gasteiger partial charge in [-0.15, -0.1) is 0 Å². The van der Waals surface area contributed by atoms with Crippen LogP contribution in [0.4, 0.5) is 0 Å². The largest absolute Gasteiger partial charge is 0.318 e. The summed E-state index contributed by atoms with van der Waals surface area (Å²) in [6, 6.07) is 9.74. The van der Waals surface area contributed by atoms with Crippen LogP contribution in [0, 0.1) is 0 Å². The van der Waals surface area contributed by atoms with Crippen LogP contribution in [0.1, 0.15) is 18.1 Å². The molecule has 1 heterocycles. The van der Waals surface area contributed by atoms with Gasteiger partial charge in [-0.1, -0.05) is 23.7 Å². The van der Waals surface area contributed by atoms with E-state index in [-0.39, 0.29) is 0 Å². The number of nitrogens with two attached hydrogens (primary N) is 1. The molecule has 0 aliphatic carbocycles. The molecule has 1 unspecified atom stereocenters. The zero-order valence-corrected chi connectivity index (χ0v) is 9.98. The number of halogens is 1. The molecule has 0 aliphatic heterocycles. The predicted octanol–water partition coefficient (Wildman–Crippen LogP) is 3.62. The minimum absolute atomic E-state index is 0.440. The van der Waals surface area contributed by atoms with Crippen molar-refractivity contribution in [2.24, 2.45) is 5.73 Å². The summed E-state index contributed by atoms with van der Waals surface area (Å²) in [5.74, 6) is 0. The molecular weight excluding hydrogens is 226 g/mol. The van der Waals surface area contributed by atoms with Crippen LogP contribution >= 0.6 is 22.9 Å². The number of rotatable bonds is 2. The van der Waals surface area contributed by atoms with E-state index in [0.717, 1.165) is 16.1 Å². The summed E-state index contributed by atoms with van der Waals surface area (Å²) in [7, 11) is 0. The summed E-state index contributed by atoms with van der Waals surface area (Å²) >= 11 is 7.51. The average molecular weight is 238 g/mol. The monoisotopic (exact) mass is 237 g/mol. The highest BCUT2D eigenvalue weighted by Gasteiger charge is 2.23. The lowest BCUT2D eigenvalue weighted by Gasteiger charge is -2.24. The van der Waals surface area contributed by atoms with E-state index in [1.807, 2.05) is 36.6 Å². The van der Waals surface area contributed by atoms with Gasteiger partial charge in [0.1, 0.15) is 0 Å². The van der Waals surface area contributed by atoms with Crippen molar-refractivity contribution < 1.29 is 0 Å². The Bertz CT molecular complexity index is 431. The number of hydrogen-bond acceptors (Lipinski definition) is 2. The Kier molecular flexibility index (Phi) is 2.83. The Labute approximate surface area is 98.5 Å². The summed E-state index contributed by atoms with van der Waals surface area (Å²) in [6.07, 6.45) is 0. The summed E-state index contributed by atoms with van der Waals surface area (Å²) < 4.78 is 0. The summed E-state index contributed by atoms with van der Waals surface area (Å²) in [5.41, 5.74) is 8.09. The molecule has 15 heavy (non-hydrogen) atoms. The molecule has 3 heteroatoms. The third-order valence-electron chi connectivity index (χ3n) is 2.56. The van der Waals surface area contributed by atoms with E-state index in [1.54, 1.807) is 11.3 Å². The molecule has 1 aromatic heterocycles. The highest BCUT2D eigenvalue weighted by atomic mass is 35.5. The SMILES string of the molecule is CC(N)(c1ccc(Cl)cc1)c1ccsc1. The minimum atomic E-state index is -0.440. The van der Waals surface area contributed by atoms with E-state index < -0.39 is 5.54 Å². The van der Waals surface area contributed by atoms with Gasteiger partial charge < -0.3 is 5.73 Å². The third-order valence-corrected chi connectivity index (χ3v) is 3.50. The van der Waals surface area contributed by atoms with Crippen molar-refractivity contribution in [1.82, 2.24) is 0 Å². The van der Waals surface area contributed by atoms with Crippen LogP contribution < -0.4 is 5.73 Å². The van der Waals surface area contributed by atoms with E-state index >= 15 is 0 Å². The van der Waals surface area contributed by atoms with Crippen molar-refractivity contribution >= 4 is 22.9 Å². The number of benzene rings is 1. The van der Waals surface area contributed by atoms with Crippen molar-refractivity contribution in [3.05, 3.63) is 57.2 Å². The predicted molar refractivity (Wildman–Crippen MR) is 66.4 cm³/mol. The van der Waals surface area contributed by atoms with Crippen LogP contribution in [-0.2, 0) is 5.54 Å². The van der Waals surface area contributed by atoms with Gasteiger partial charge in [0, 0.05) is 5.02 Å². The highest BCUT2D eigenvalue weighted by molar-refractivity contribution is 7.08. The summed E-state index contributed by atoms with van der Waals surface area (Å²) in [6.45, 7) is 2.01. The van der Waals surface area contributed by atoms with Gasteiger partial charge >= 0.3 is 0 Å². The minimum Gasteiger partial charge on any atom is -0.318 e. The fraction of sp³-hybridized carbons (Fsp3) is 0.167. The van der Waals surface area contributed by atoms with Gasteiger partial charge in [-0.2, -0.15) is 11.3 Å². The Morgan fingerprint density at radius 2 is 1.80 bits per heavy atom. The second-order valence-electron chi connectivity index (χ2n) is 3.72. The van der Waals surface area contributed by atoms with E-state index in [9.17, 15) is 0 Å². The van der Waals surface area contributed by atoms with Crippen LogP contribution in [0.25, 0.3) is 0 Å².